The van der Waals surface area contributed by atoms with Crippen LogP contribution in [0.5, 0.6) is 0 Å². The maximum atomic E-state index is 13.3. The van der Waals surface area contributed by atoms with Crippen LogP contribution < -0.4 is 5.32 Å². The van der Waals surface area contributed by atoms with Crippen LogP contribution >= 0.6 is 39.1 Å². The number of rotatable bonds is 4. The van der Waals surface area contributed by atoms with E-state index in [1.54, 1.807) is 12.1 Å². The molecule has 0 unspecified atom stereocenters. The lowest BCUT2D eigenvalue weighted by atomic mass is 10.1. The van der Waals surface area contributed by atoms with Crippen molar-refractivity contribution >= 4 is 50.5 Å². The Balaban J connectivity index is 2.24. The Morgan fingerprint density at radius 1 is 1.24 bits per heavy atom. The van der Waals surface area contributed by atoms with Gasteiger partial charge in [-0.2, -0.15) is 0 Å². The Bertz CT molecular complexity index is 690. The summed E-state index contributed by atoms with van der Waals surface area (Å²) in [6, 6.07) is 7.37. The molecule has 0 aromatic heterocycles. The van der Waals surface area contributed by atoms with Crippen LogP contribution in [-0.4, -0.2) is 4.92 Å². The SMILES string of the molecule is O=[N+]([O-])c1ccc(Br)cc1CNc1cc(Cl)c(F)c(Cl)c1. The second-order valence-corrected chi connectivity index (χ2v) is 5.87. The zero-order valence-corrected chi connectivity index (χ0v) is 13.5. The summed E-state index contributed by atoms with van der Waals surface area (Å²) in [5.41, 5.74) is 0.941. The van der Waals surface area contributed by atoms with Crippen LogP contribution in [0.1, 0.15) is 5.56 Å². The highest BCUT2D eigenvalue weighted by atomic mass is 79.9. The smallest absolute Gasteiger partial charge is 0.274 e. The molecule has 2 rings (SSSR count). The highest BCUT2D eigenvalue weighted by molar-refractivity contribution is 9.10. The Morgan fingerprint density at radius 2 is 1.86 bits per heavy atom. The van der Waals surface area contributed by atoms with E-state index in [1.165, 1.54) is 18.2 Å². The van der Waals surface area contributed by atoms with E-state index in [0.29, 0.717) is 11.3 Å². The van der Waals surface area contributed by atoms with E-state index in [4.69, 9.17) is 23.2 Å². The minimum absolute atomic E-state index is 0.00925. The lowest BCUT2D eigenvalue weighted by Crippen LogP contribution is -2.03. The molecule has 0 aliphatic carbocycles. The van der Waals surface area contributed by atoms with Crippen molar-refractivity contribution < 1.29 is 9.31 Å². The molecule has 0 amide bonds. The highest BCUT2D eigenvalue weighted by Gasteiger charge is 2.14. The summed E-state index contributed by atoms with van der Waals surface area (Å²) in [4.78, 5) is 10.5. The van der Waals surface area contributed by atoms with Gasteiger partial charge in [0.05, 0.1) is 15.0 Å². The lowest BCUT2D eigenvalue weighted by molar-refractivity contribution is -0.385. The van der Waals surface area contributed by atoms with E-state index in [2.05, 4.69) is 21.2 Å². The molecular formula is C13H8BrCl2FN2O2. The zero-order chi connectivity index (χ0) is 15.6. The average molecular weight is 394 g/mol. The number of nitro groups is 1. The number of anilines is 1. The van der Waals surface area contributed by atoms with Crippen LogP contribution in [0.25, 0.3) is 0 Å². The zero-order valence-electron chi connectivity index (χ0n) is 10.4. The number of nitrogens with zero attached hydrogens (tertiary/aromatic N) is 1. The molecule has 21 heavy (non-hydrogen) atoms. The molecule has 0 spiro atoms. The largest absolute Gasteiger partial charge is 0.381 e. The fourth-order valence-corrected chi connectivity index (χ4v) is 2.62. The van der Waals surface area contributed by atoms with Gasteiger partial charge in [-0.3, -0.25) is 10.1 Å². The van der Waals surface area contributed by atoms with Gasteiger partial charge in [0.2, 0.25) is 0 Å². The number of nitro benzene ring substituents is 1. The minimum atomic E-state index is -0.697. The first-order chi connectivity index (χ1) is 9.88. The molecule has 0 aliphatic heterocycles. The van der Waals surface area contributed by atoms with Crippen molar-refractivity contribution in [3.05, 3.63) is 66.3 Å². The maximum absolute atomic E-state index is 13.3. The van der Waals surface area contributed by atoms with Crippen LogP contribution in [0.3, 0.4) is 0 Å². The van der Waals surface area contributed by atoms with Crippen LogP contribution in [0.15, 0.2) is 34.8 Å². The number of hydrogen-bond acceptors (Lipinski definition) is 3. The van der Waals surface area contributed by atoms with E-state index >= 15 is 0 Å². The molecule has 0 saturated carbocycles. The van der Waals surface area contributed by atoms with E-state index in [9.17, 15) is 14.5 Å². The predicted octanol–water partition coefficient (Wildman–Crippen LogP) is 5.42. The lowest BCUT2D eigenvalue weighted by Gasteiger charge is -2.09. The molecule has 2 aromatic carbocycles. The van der Waals surface area contributed by atoms with Gasteiger partial charge in [-0.1, -0.05) is 39.1 Å². The summed E-state index contributed by atoms with van der Waals surface area (Å²) < 4.78 is 14.0. The van der Waals surface area contributed by atoms with Gasteiger partial charge in [-0.15, -0.1) is 0 Å². The maximum Gasteiger partial charge on any atom is 0.274 e. The second-order valence-electron chi connectivity index (χ2n) is 4.14. The molecule has 8 heteroatoms. The first kappa shape index (κ1) is 16.0. The number of nitrogens with one attached hydrogen (secondary N) is 1. The molecule has 1 N–H and O–H groups in total. The monoisotopic (exact) mass is 392 g/mol. The Hall–Kier alpha value is -1.37. The molecule has 2 aromatic rings. The molecule has 0 fully saturated rings. The van der Waals surface area contributed by atoms with Gasteiger partial charge >= 0.3 is 0 Å². The van der Waals surface area contributed by atoms with Crippen molar-refractivity contribution in [3.8, 4) is 0 Å². The van der Waals surface area contributed by atoms with Crippen molar-refractivity contribution in [2.75, 3.05) is 5.32 Å². The molecule has 0 aliphatic rings. The fraction of sp³-hybridized carbons (Fsp3) is 0.0769. The molecule has 0 heterocycles. The summed E-state index contributed by atoms with van der Waals surface area (Å²) >= 11 is 14.6. The summed E-state index contributed by atoms with van der Waals surface area (Å²) in [5.74, 6) is -0.697. The number of halogens is 4. The van der Waals surface area contributed by atoms with Gasteiger partial charge in [-0.05, 0) is 24.3 Å². The van der Waals surface area contributed by atoms with Gasteiger partial charge in [0, 0.05) is 28.3 Å². The summed E-state index contributed by atoms with van der Waals surface area (Å²) in [7, 11) is 0. The molecular weight excluding hydrogens is 386 g/mol. The Labute approximate surface area is 138 Å². The fourth-order valence-electron chi connectivity index (χ4n) is 1.73. The van der Waals surface area contributed by atoms with Crippen molar-refractivity contribution in [2.24, 2.45) is 0 Å². The van der Waals surface area contributed by atoms with Gasteiger partial charge in [0.15, 0.2) is 5.82 Å². The first-order valence-corrected chi connectivity index (χ1v) is 7.24. The third-order valence-electron chi connectivity index (χ3n) is 2.71. The second kappa shape index (κ2) is 6.60. The van der Waals surface area contributed by atoms with Gasteiger partial charge in [0.25, 0.3) is 5.69 Å². The minimum Gasteiger partial charge on any atom is -0.381 e. The van der Waals surface area contributed by atoms with Crippen molar-refractivity contribution in [1.82, 2.24) is 0 Å². The normalized spacial score (nSPS) is 10.5. The number of hydrogen-bond donors (Lipinski definition) is 1. The first-order valence-electron chi connectivity index (χ1n) is 5.69. The van der Waals surface area contributed by atoms with Gasteiger partial charge < -0.3 is 5.32 Å². The quantitative estimate of drug-likeness (QED) is 0.429. The molecule has 0 saturated heterocycles. The van der Waals surface area contributed by atoms with Crippen LogP contribution in [0.2, 0.25) is 10.0 Å². The highest BCUT2D eigenvalue weighted by Crippen LogP contribution is 2.29. The molecule has 110 valence electrons. The number of benzene rings is 2. The van der Waals surface area contributed by atoms with E-state index in [0.717, 1.165) is 4.47 Å². The molecule has 4 nitrogen and oxygen atoms in total. The summed E-state index contributed by atoms with van der Waals surface area (Å²) in [5, 5.41) is 13.7. The van der Waals surface area contributed by atoms with Crippen molar-refractivity contribution in [3.63, 3.8) is 0 Å². The third-order valence-corrected chi connectivity index (χ3v) is 3.75. The topological polar surface area (TPSA) is 55.2 Å². The van der Waals surface area contributed by atoms with Gasteiger partial charge in [-0.25, -0.2) is 4.39 Å². The summed E-state index contributed by atoms with van der Waals surface area (Å²) in [6.07, 6.45) is 0. The van der Waals surface area contributed by atoms with Crippen molar-refractivity contribution in [1.29, 1.82) is 0 Å². The average Bonchev–Trinajstić information content (AvgIpc) is 2.42. The van der Waals surface area contributed by atoms with Crippen LogP contribution in [0.4, 0.5) is 15.8 Å². The Kier molecular flexibility index (Phi) is 5.03. The predicted molar refractivity (Wildman–Crippen MR) is 84.5 cm³/mol. The molecule has 0 atom stereocenters. The van der Waals surface area contributed by atoms with Gasteiger partial charge in [0.1, 0.15) is 0 Å². The summed E-state index contributed by atoms with van der Waals surface area (Å²) in [6.45, 7) is 0.175. The van der Waals surface area contributed by atoms with E-state index in [-0.39, 0.29) is 22.3 Å². The molecule has 0 radical (unpaired) electrons. The standard InChI is InChI=1S/C13H8BrCl2FN2O2/c14-8-1-2-12(19(20)21)7(3-8)6-18-9-4-10(15)13(17)11(16)5-9/h1-5,18H,6H2. The van der Waals surface area contributed by atoms with Crippen LogP contribution in [-0.2, 0) is 6.54 Å². The Morgan fingerprint density at radius 3 is 2.43 bits per heavy atom. The van der Waals surface area contributed by atoms with Crippen molar-refractivity contribution in [2.45, 2.75) is 6.54 Å². The molecule has 0 bridgehead atoms. The third kappa shape index (κ3) is 3.84. The van der Waals surface area contributed by atoms with Crippen LogP contribution in [0, 0.1) is 15.9 Å². The van der Waals surface area contributed by atoms with E-state index < -0.39 is 10.7 Å². The van der Waals surface area contributed by atoms with E-state index in [1.807, 2.05) is 0 Å².